The summed E-state index contributed by atoms with van der Waals surface area (Å²) < 4.78 is 8.25. The van der Waals surface area contributed by atoms with E-state index in [0.717, 1.165) is 29.1 Å². The lowest BCUT2D eigenvalue weighted by molar-refractivity contribution is 0.303. The summed E-state index contributed by atoms with van der Waals surface area (Å²) in [6.45, 7) is 2.93. The molecule has 3 aromatic rings. The molecule has 0 radical (unpaired) electrons. The predicted octanol–water partition coefficient (Wildman–Crippen LogP) is 5.13. The molecule has 0 aliphatic carbocycles. The molecule has 2 aromatic carbocycles. The lowest BCUT2D eigenvalue weighted by Gasteiger charge is -2.14. The topological polar surface area (TPSA) is 54.9 Å². The van der Waals surface area contributed by atoms with E-state index in [4.69, 9.17) is 40.2 Å². The van der Waals surface area contributed by atoms with Crippen molar-refractivity contribution in [3.63, 3.8) is 0 Å². The van der Waals surface area contributed by atoms with Crippen LogP contribution in [0.3, 0.4) is 0 Å². The fourth-order valence-electron chi connectivity index (χ4n) is 2.51. The number of nitrogens with one attached hydrogen (secondary N) is 2. The van der Waals surface area contributed by atoms with Crippen LogP contribution in [0.2, 0.25) is 10.0 Å². The molecular weight excluding hydrogens is 391 g/mol. The standard InChI is InChI=1S/C18H18Cl2N4OS/c1-2-17-22-23-18(26)24(17)21-10-13-9-15(20)6-7-16(13)25-11-12-4-3-5-14(19)8-12/h3-9,21H,2,10-11H2,1H3,(H,23,26). The zero-order valence-electron chi connectivity index (χ0n) is 14.1. The summed E-state index contributed by atoms with van der Waals surface area (Å²) in [7, 11) is 0. The van der Waals surface area contributed by atoms with Crippen LogP contribution in [0.1, 0.15) is 23.9 Å². The predicted molar refractivity (Wildman–Crippen MR) is 107 cm³/mol. The summed E-state index contributed by atoms with van der Waals surface area (Å²) in [5, 5.41) is 8.30. The Morgan fingerprint density at radius 3 is 2.77 bits per heavy atom. The van der Waals surface area contributed by atoms with Gasteiger partial charge in [0.15, 0.2) is 5.82 Å². The van der Waals surface area contributed by atoms with Crippen molar-refractivity contribution in [2.75, 3.05) is 5.43 Å². The monoisotopic (exact) mass is 408 g/mol. The van der Waals surface area contributed by atoms with E-state index in [1.165, 1.54) is 0 Å². The van der Waals surface area contributed by atoms with Gasteiger partial charge >= 0.3 is 0 Å². The first-order chi connectivity index (χ1) is 12.6. The van der Waals surface area contributed by atoms with Gasteiger partial charge in [-0.15, -0.1) is 0 Å². The van der Waals surface area contributed by atoms with Crippen molar-refractivity contribution in [1.29, 1.82) is 0 Å². The molecule has 0 fully saturated rings. The minimum atomic E-state index is 0.417. The van der Waals surface area contributed by atoms with Crippen LogP contribution in [-0.4, -0.2) is 14.9 Å². The Balaban J connectivity index is 1.75. The highest BCUT2D eigenvalue weighted by atomic mass is 35.5. The Morgan fingerprint density at radius 2 is 2.00 bits per heavy atom. The Hall–Kier alpha value is -2.02. The average Bonchev–Trinajstić information content (AvgIpc) is 2.99. The molecular formula is C18H18Cl2N4OS. The van der Waals surface area contributed by atoms with Gasteiger partial charge < -0.3 is 10.2 Å². The van der Waals surface area contributed by atoms with Gasteiger partial charge in [-0.2, -0.15) is 5.10 Å². The molecule has 0 amide bonds. The minimum absolute atomic E-state index is 0.417. The molecule has 1 heterocycles. The van der Waals surface area contributed by atoms with E-state index >= 15 is 0 Å². The maximum Gasteiger partial charge on any atom is 0.214 e. The molecule has 0 atom stereocenters. The van der Waals surface area contributed by atoms with Crippen LogP contribution in [0.25, 0.3) is 0 Å². The second-order valence-electron chi connectivity index (χ2n) is 5.64. The van der Waals surface area contributed by atoms with E-state index in [1.54, 1.807) is 10.7 Å². The first-order valence-corrected chi connectivity index (χ1v) is 9.29. The maximum absolute atomic E-state index is 6.16. The number of aromatic nitrogens is 3. The number of nitrogens with zero attached hydrogens (tertiary/aromatic N) is 2. The highest BCUT2D eigenvalue weighted by Crippen LogP contribution is 2.24. The van der Waals surface area contributed by atoms with Crippen LogP contribution in [0.5, 0.6) is 5.75 Å². The Bertz CT molecular complexity index is 954. The second-order valence-corrected chi connectivity index (χ2v) is 6.90. The number of rotatable bonds is 7. The number of benzene rings is 2. The van der Waals surface area contributed by atoms with Crippen molar-refractivity contribution in [2.45, 2.75) is 26.5 Å². The van der Waals surface area contributed by atoms with Crippen LogP contribution in [0, 0.1) is 4.77 Å². The minimum Gasteiger partial charge on any atom is -0.489 e. The van der Waals surface area contributed by atoms with Crippen LogP contribution < -0.4 is 10.2 Å². The smallest absolute Gasteiger partial charge is 0.214 e. The largest absolute Gasteiger partial charge is 0.489 e. The zero-order valence-corrected chi connectivity index (χ0v) is 16.5. The summed E-state index contributed by atoms with van der Waals surface area (Å²) in [6, 6.07) is 13.1. The SMILES string of the molecule is CCc1n[nH]c(=S)n1NCc1cc(Cl)ccc1OCc1cccc(Cl)c1. The fourth-order valence-corrected chi connectivity index (χ4v) is 3.13. The zero-order chi connectivity index (χ0) is 18.5. The van der Waals surface area contributed by atoms with Gasteiger partial charge in [-0.05, 0) is 48.1 Å². The number of aromatic amines is 1. The van der Waals surface area contributed by atoms with E-state index in [-0.39, 0.29) is 0 Å². The first kappa shape index (κ1) is 18.8. The number of halogens is 2. The summed E-state index contributed by atoms with van der Waals surface area (Å²) in [5.74, 6) is 1.58. The van der Waals surface area contributed by atoms with Crippen molar-refractivity contribution in [3.8, 4) is 5.75 Å². The molecule has 0 saturated carbocycles. The Morgan fingerprint density at radius 1 is 1.19 bits per heavy atom. The van der Waals surface area contributed by atoms with E-state index in [2.05, 4.69) is 15.6 Å². The van der Waals surface area contributed by atoms with Crippen molar-refractivity contribution in [3.05, 3.63) is 74.2 Å². The summed E-state index contributed by atoms with van der Waals surface area (Å²) in [4.78, 5) is 0. The lowest BCUT2D eigenvalue weighted by Crippen LogP contribution is -2.17. The third-order valence-electron chi connectivity index (χ3n) is 3.79. The van der Waals surface area contributed by atoms with Gasteiger partial charge in [0.1, 0.15) is 12.4 Å². The van der Waals surface area contributed by atoms with Crippen molar-refractivity contribution >= 4 is 35.4 Å². The van der Waals surface area contributed by atoms with Crippen LogP contribution in [0.4, 0.5) is 0 Å². The quantitative estimate of drug-likeness (QED) is 0.531. The van der Waals surface area contributed by atoms with Gasteiger partial charge in [-0.3, -0.25) is 5.10 Å². The maximum atomic E-state index is 6.16. The van der Waals surface area contributed by atoms with Crippen LogP contribution >= 0.6 is 35.4 Å². The molecule has 8 heteroatoms. The summed E-state index contributed by atoms with van der Waals surface area (Å²) >= 11 is 17.4. The molecule has 0 bridgehead atoms. The van der Waals surface area contributed by atoms with Gasteiger partial charge in [-0.1, -0.05) is 42.3 Å². The molecule has 3 rings (SSSR count). The highest BCUT2D eigenvalue weighted by molar-refractivity contribution is 7.71. The molecule has 136 valence electrons. The third-order valence-corrected chi connectivity index (χ3v) is 4.54. The molecule has 1 aromatic heterocycles. The molecule has 2 N–H and O–H groups in total. The number of aryl methyl sites for hydroxylation is 1. The lowest BCUT2D eigenvalue weighted by atomic mass is 10.2. The molecule has 0 unspecified atom stereocenters. The van der Waals surface area contributed by atoms with Crippen molar-refractivity contribution in [2.24, 2.45) is 0 Å². The van der Waals surface area contributed by atoms with E-state index in [9.17, 15) is 0 Å². The Labute approximate surface area is 166 Å². The van der Waals surface area contributed by atoms with E-state index in [1.807, 2.05) is 43.3 Å². The molecule has 0 aliphatic rings. The van der Waals surface area contributed by atoms with Gasteiger partial charge in [0.05, 0.1) is 6.54 Å². The third kappa shape index (κ3) is 4.58. The average molecular weight is 409 g/mol. The molecule has 26 heavy (non-hydrogen) atoms. The number of hydrogen-bond acceptors (Lipinski definition) is 4. The fraction of sp³-hybridized carbons (Fsp3) is 0.222. The molecule has 0 aliphatic heterocycles. The summed E-state index contributed by atoms with van der Waals surface area (Å²) in [6.07, 6.45) is 0.758. The Kier molecular flexibility index (Phi) is 6.19. The van der Waals surface area contributed by atoms with Crippen molar-refractivity contribution < 1.29 is 4.74 Å². The molecule has 5 nitrogen and oxygen atoms in total. The van der Waals surface area contributed by atoms with E-state index in [0.29, 0.717) is 28.0 Å². The van der Waals surface area contributed by atoms with E-state index < -0.39 is 0 Å². The number of ether oxygens (including phenoxy) is 1. The number of H-pyrrole nitrogens is 1. The number of hydrogen-bond donors (Lipinski definition) is 2. The van der Waals surface area contributed by atoms with Crippen LogP contribution in [0.15, 0.2) is 42.5 Å². The second kappa shape index (κ2) is 8.58. The van der Waals surface area contributed by atoms with Gasteiger partial charge in [0.25, 0.3) is 0 Å². The molecule has 0 spiro atoms. The first-order valence-electron chi connectivity index (χ1n) is 8.12. The van der Waals surface area contributed by atoms with Crippen molar-refractivity contribution in [1.82, 2.24) is 14.9 Å². The van der Waals surface area contributed by atoms with Crippen LogP contribution in [-0.2, 0) is 19.6 Å². The van der Waals surface area contributed by atoms with Gasteiger partial charge in [-0.25, -0.2) is 4.68 Å². The van der Waals surface area contributed by atoms with Gasteiger partial charge in [0, 0.05) is 22.0 Å². The summed E-state index contributed by atoms with van der Waals surface area (Å²) in [5.41, 5.74) is 5.18. The van der Waals surface area contributed by atoms with Gasteiger partial charge in [0.2, 0.25) is 4.77 Å². The molecule has 0 saturated heterocycles. The normalized spacial score (nSPS) is 10.7. The highest BCUT2D eigenvalue weighted by Gasteiger charge is 2.08.